The molecule has 0 spiro atoms. The highest BCUT2D eigenvalue weighted by Gasteiger charge is 2.40. The van der Waals surface area contributed by atoms with Crippen molar-refractivity contribution in [3.05, 3.63) is 48.5 Å². The Morgan fingerprint density at radius 1 is 1.03 bits per heavy atom. The molecule has 0 heterocycles. The number of carbonyl (C=O) groups is 1. The van der Waals surface area contributed by atoms with Crippen molar-refractivity contribution in [2.24, 2.45) is 11.8 Å². The summed E-state index contributed by atoms with van der Waals surface area (Å²) in [7, 11) is -1.07. The molecular weight excluding hydrogens is 416 g/mol. The number of carbonyl (C=O) groups excluding carboxylic acids is 1. The number of nitrogens with zero attached hydrogens (tertiary/aromatic N) is 1. The van der Waals surface area contributed by atoms with E-state index in [0.717, 1.165) is 23.6 Å². The molecule has 1 N–H and O–H groups in total. The van der Waals surface area contributed by atoms with Gasteiger partial charge < -0.3 is 14.8 Å². The van der Waals surface area contributed by atoms with Gasteiger partial charge in [0.25, 0.3) is 10.0 Å². The SMILES string of the molecule is COc1ccc(S(=O)(=O)N(CC(=O)N[C@H]2C[C@@H]3CC[C@@H]2C3)c2ccccc2)cc1OC. The second kappa shape index (κ2) is 8.78. The predicted molar refractivity (Wildman–Crippen MR) is 118 cm³/mol. The Bertz CT molecular complexity index is 1040. The first-order chi connectivity index (χ1) is 14.9. The van der Waals surface area contributed by atoms with Crippen LogP contribution in [0.1, 0.15) is 25.7 Å². The van der Waals surface area contributed by atoms with E-state index < -0.39 is 10.0 Å². The average Bonchev–Trinajstić information content (AvgIpc) is 3.40. The standard InChI is InChI=1S/C23H28N2O5S/c1-29-21-11-10-19(14-22(21)30-2)31(27,28)25(18-6-4-3-5-7-18)15-23(26)24-20-13-16-8-9-17(20)12-16/h3-7,10-11,14,16-17,20H,8-9,12-13,15H2,1-2H3,(H,24,26)/t16-,17-,20+/m1/s1. The molecule has 0 radical (unpaired) electrons. The quantitative estimate of drug-likeness (QED) is 0.676. The molecule has 2 bridgehead atoms. The zero-order chi connectivity index (χ0) is 22.0. The van der Waals surface area contributed by atoms with Gasteiger partial charge in [-0.25, -0.2) is 8.42 Å². The minimum atomic E-state index is -4.01. The van der Waals surface area contributed by atoms with Crippen LogP contribution in [0.25, 0.3) is 0 Å². The van der Waals surface area contributed by atoms with Gasteiger partial charge in [0.05, 0.1) is 24.8 Å². The van der Waals surface area contributed by atoms with Crippen LogP contribution in [0.2, 0.25) is 0 Å². The molecule has 2 aliphatic rings. The van der Waals surface area contributed by atoms with Crippen molar-refractivity contribution >= 4 is 21.6 Å². The first kappa shape index (κ1) is 21.5. The van der Waals surface area contributed by atoms with Crippen molar-refractivity contribution in [3.8, 4) is 11.5 Å². The molecule has 3 atom stereocenters. The molecule has 4 rings (SSSR count). The fraction of sp³-hybridized carbons (Fsp3) is 0.435. The first-order valence-electron chi connectivity index (χ1n) is 10.5. The summed E-state index contributed by atoms with van der Waals surface area (Å²) >= 11 is 0. The van der Waals surface area contributed by atoms with Crippen LogP contribution >= 0.6 is 0 Å². The van der Waals surface area contributed by atoms with Gasteiger partial charge in [0.1, 0.15) is 6.54 Å². The Balaban J connectivity index is 1.61. The number of hydrogen-bond acceptors (Lipinski definition) is 5. The van der Waals surface area contributed by atoms with Crippen LogP contribution in [-0.4, -0.2) is 41.1 Å². The van der Waals surface area contributed by atoms with Crippen molar-refractivity contribution in [2.75, 3.05) is 25.1 Å². The van der Waals surface area contributed by atoms with Crippen LogP contribution in [0.3, 0.4) is 0 Å². The summed E-state index contributed by atoms with van der Waals surface area (Å²) in [6.45, 7) is -0.283. The summed E-state index contributed by atoms with van der Waals surface area (Å²) in [6.07, 6.45) is 4.53. The monoisotopic (exact) mass is 444 g/mol. The van der Waals surface area contributed by atoms with E-state index in [1.54, 1.807) is 36.4 Å². The molecular formula is C23H28N2O5S. The molecule has 8 heteroatoms. The van der Waals surface area contributed by atoms with Crippen LogP contribution in [0, 0.1) is 11.8 Å². The summed E-state index contributed by atoms with van der Waals surface area (Å²) in [6, 6.07) is 13.2. The fourth-order valence-electron chi connectivity index (χ4n) is 4.82. The average molecular weight is 445 g/mol. The molecule has 2 aromatic rings. The van der Waals surface area contributed by atoms with E-state index in [1.807, 2.05) is 0 Å². The fourth-order valence-corrected chi connectivity index (χ4v) is 6.25. The number of hydrogen-bond donors (Lipinski definition) is 1. The number of methoxy groups -OCH3 is 2. The highest BCUT2D eigenvalue weighted by Crippen LogP contribution is 2.44. The Kier molecular flexibility index (Phi) is 6.09. The van der Waals surface area contributed by atoms with Gasteiger partial charge in [-0.3, -0.25) is 9.10 Å². The number of fused-ring (bicyclic) bond motifs is 2. The number of amides is 1. The van der Waals surface area contributed by atoms with Crippen LogP contribution in [0.15, 0.2) is 53.4 Å². The van der Waals surface area contributed by atoms with E-state index in [-0.39, 0.29) is 23.4 Å². The van der Waals surface area contributed by atoms with Gasteiger partial charge in [0.2, 0.25) is 5.91 Å². The highest BCUT2D eigenvalue weighted by atomic mass is 32.2. The van der Waals surface area contributed by atoms with E-state index in [4.69, 9.17) is 9.47 Å². The second-order valence-electron chi connectivity index (χ2n) is 8.21. The largest absolute Gasteiger partial charge is 0.493 e. The lowest BCUT2D eigenvalue weighted by Gasteiger charge is -2.27. The Morgan fingerprint density at radius 2 is 1.77 bits per heavy atom. The summed E-state index contributed by atoms with van der Waals surface area (Å²) in [4.78, 5) is 12.9. The number of benzene rings is 2. The molecule has 2 saturated carbocycles. The molecule has 2 aromatic carbocycles. The van der Waals surface area contributed by atoms with Gasteiger partial charge in [-0.05, 0) is 55.4 Å². The number of para-hydroxylation sites is 1. The third kappa shape index (κ3) is 4.35. The molecule has 0 saturated heterocycles. The third-order valence-electron chi connectivity index (χ3n) is 6.36. The van der Waals surface area contributed by atoms with E-state index in [9.17, 15) is 13.2 Å². The predicted octanol–water partition coefficient (Wildman–Crippen LogP) is 3.20. The van der Waals surface area contributed by atoms with Gasteiger partial charge in [-0.1, -0.05) is 24.6 Å². The lowest BCUT2D eigenvalue weighted by molar-refractivity contribution is -0.120. The lowest BCUT2D eigenvalue weighted by Crippen LogP contribution is -2.46. The number of rotatable bonds is 8. The van der Waals surface area contributed by atoms with E-state index in [0.29, 0.717) is 29.0 Å². The molecule has 0 aliphatic heterocycles. The minimum absolute atomic E-state index is 0.0294. The van der Waals surface area contributed by atoms with Gasteiger partial charge in [0.15, 0.2) is 11.5 Å². The Hall–Kier alpha value is -2.74. The minimum Gasteiger partial charge on any atom is -0.493 e. The maximum Gasteiger partial charge on any atom is 0.264 e. The third-order valence-corrected chi connectivity index (χ3v) is 8.13. The zero-order valence-electron chi connectivity index (χ0n) is 17.8. The summed E-state index contributed by atoms with van der Waals surface area (Å²) < 4.78 is 38.7. The molecule has 2 fully saturated rings. The van der Waals surface area contributed by atoms with Crippen molar-refractivity contribution < 1.29 is 22.7 Å². The van der Waals surface area contributed by atoms with Gasteiger partial charge in [-0.15, -0.1) is 0 Å². The molecule has 2 aliphatic carbocycles. The number of ether oxygens (including phenoxy) is 2. The topological polar surface area (TPSA) is 84.9 Å². The van der Waals surface area contributed by atoms with Crippen LogP contribution in [0.4, 0.5) is 5.69 Å². The first-order valence-corrected chi connectivity index (χ1v) is 12.0. The number of sulfonamides is 1. The summed E-state index contributed by atoms with van der Waals surface area (Å²) in [5.41, 5.74) is 0.431. The van der Waals surface area contributed by atoms with Crippen LogP contribution in [0.5, 0.6) is 11.5 Å². The van der Waals surface area contributed by atoms with Gasteiger partial charge >= 0.3 is 0 Å². The van der Waals surface area contributed by atoms with Gasteiger partial charge in [-0.2, -0.15) is 0 Å². The normalized spacial score (nSPS) is 22.2. The summed E-state index contributed by atoms with van der Waals surface area (Å²) in [5, 5.41) is 3.09. The molecule has 166 valence electrons. The van der Waals surface area contributed by atoms with E-state index >= 15 is 0 Å². The summed E-state index contributed by atoms with van der Waals surface area (Å²) in [5.74, 6) is 1.66. The van der Waals surface area contributed by atoms with E-state index in [1.165, 1.54) is 32.8 Å². The molecule has 1 amide bonds. The zero-order valence-corrected chi connectivity index (χ0v) is 18.6. The molecule has 31 heavy (non-hydrogen) atoms. The Labute approximate surface area is 183 Å². The van der Waals surface area contributed by atoms with Crippen molar-refractivity contribution in [2.45, 2.75) is 36.6 Å². The van der Waals surface area contributed by atoms with Crippen LogP contribution < -0.4 is 19.1 Å². The maximum absolute atomic E-state index is 13.6. The smallest absolute Gasteiger partial charge is 0.264 e. The number of nitrogens with one attached hydrogen (secondary N) is 1. The molecule has 7 nitrogen and oxygen atoms in total. The van der Waals surface area contributed by atoms with Crippen molar-refractivity contribution in [3.63, 3.8) is 0 Å². The van der Waals surface area contributed by atoms with Crippen molar-refractivity contribution in [1.82, 2.24) is 5.32 Å². The van der Waals surface area contributed by atoms with Crippen molar-refractivity contribution in [1.29, 1.82) is 0 Å². The maximum atomic E-state index is 13.6. The van der Waals surface area contributed by atoms with Gasteiger partial charge in [0, 0.05) is 12.1 Å². The number of anilines is 1. The Morgan fingerprint density at radius 3 is 2.39 bits per heavy atom. The molecule has 0 unspecified atom stereocenters. The lowest BCUT2D eigenvalue weighted by atomic mass is 9.95. The van der Waals surface area contributed by atoms with Crippen LogP contribution in [-0.2, 0) is 14.8 Å². The molecule has 0 aromatic heterocycles. The highest BCUT2D eigenvalue weighted by molar-refractivity contribution is 7.92. The van der Waals surface area contributed by atoms with E-state index in [2.05, 4.69) is 5.32 Å². The second-order valence-corrected chi connectivity index (χ2v) is 10.1.